The summed E-state index contributed by atoms with van der Waals surface area (Å²) in [5, 5.41) is 3.54. The van der Waals surface area contributed by atoms with Crippen LogP contribution in [-0.2, 0) is 0 Å². The van der Waals surface area contributed by atoms with Crippen LogP contribution in [0.2, 0.25) is 0 Å². The van der Waals surface area contributed by atoms with Crippen molar-refractivity contribution in [1.29, 1.82) is 0 Å². The van der Waals surface area contributed by atoms with Gasteiger partial charge in [0, 0.05) is 15.0 Å². The number of hydrogen-bond donors (Lipinski definition) is 1. The molecule has 0 bridgehead atoms. The minimum Gasteiger partial charge on any atom is -0.313 e. The van der Waals surface area contributed by atoms with Gasteiger partial charge in [-0.25, -0.2) is 0 Å². The first-order chi connectivity index (χ1) is 9.02. The Hall–Kier alpha value is 0.140. The van der Waals surface area contributed by atoms with Crippen molar-refractivity contribution < 1.29 is 0 Å². The second-order valence-electron chi connectivity index (χ2n) is 5.96. The van der Waals surface area contributed by atoms with Gasteiger partial charge in [-0.05, 0) is 55.3 Å². The van der Waals surface area contributed by atoms with E-state index in [2.05, 4.69) is 76.3 Å². The van der Waals surface area contributed by atoms with Crippen molar-refractivity contribution in [3.05, 3.63) is 32.7 Å². The Morgan fingerprint density at radius 2 is 1.89 bits per heavy atom. The molecule has 1 nitrogen and oxygen atoms in total. The van der Waals surface area contributed by atoms with Gasteiger partial charge in [0.15, 0.2) is 0 Å². The molecule has 1 aliphatic carbocycles. The average molecular weight is 389 g/mol. The van der Waals surface area contributed by atoms with Crippen molar-refractivity contribution in [3.63, 3.8) is 0 Å². The average Bonchev–Trinajstić information content (AvgIpc) is 2.37. The molecule has 1 saturated carbocycles. The van der Waals surface area contributed by atoms with E-state index < -0.39 is 0 Å². The molecule has 0 saturated heterocycles. The van der Waals surface area contributed by atoms with Gasteiger partial charge in [0.2, 0.25) is 0 Å². The largest absolute Gasteiger partial charge is 0.313 e. The third kappa shape index (κ3) is 3.62. The molecule has 1 fully saturated rings. The summed E-state index contributed by atoms with van der Waals surface area (Å²) in [4.78, 5) is 0. The highest BCUT2D eigenvalue weighted by molar-refractivity contribution is 9.11. The minimum absolute atomic E-state index is 0.456. The molecule has 4 unspecified atom stereocenters. The minimum atomic E-state index is 0.456. The Morgan fingerprint density at radius 1 is 1.16 bits per heavy atom. The Labute approximate surface area is 133 Å². The third-order valence-electron chi connectivity index (χ3n) is 4.72. The normalized spacial score (nSPS) is 29.2. The first kappa shape index (κ1) is 15.5. The molecular weight excluding hydrogens is 366 g/mol. The summed E-state index contributed by atoms with van der Waals surface area (Å²) in [5.74, 6) is 2.46. The summed E-state index contributed by atoms with van der Waals surface area (Å²) >= 11 is 7.24. The molecule has 1 aromatic carbocycles. The monoisotopic (exact) mass is 387 g/mol. The summed E-state index contributed by atoms with van der Waals surface area (Å²) in [7, 11) is 2.09. The SMILES string of the molecule is CNC(c1ccc(Br)cc1Br)C1CCC(C)C(C)C1. The quantitative estimate of drug-likeness (QED) is 0.716. The van der Waals surface area contributed by atoms with E-state index in [0.717, 1.165) is 22.2 Å². The molecule has 1 N–H and O–H groups in total. The molecule has 1 aromatic rings. The molecule has 0 aliphatic heterocycles. The topological polar surface area (TPSA) is 12.0 Å². The molecule has 2 rings (SSSR count). The van der Waals surface area contributed by atoms with E-state index in [1.165, 1.54) is 29.3 Å². The highest BCUT2D eigenvalue weighted by atomic mass is 79.9. The maximum absolute atomic E-state index is 3.71. The smallest absolute Gasteiger partial charge is 0.0357 e. The van der Waals surface area contributed by atoms with E-state index in [-0.39, 0.29) is 0 Å². The molecule has 106 valence electrons. The number of hydrogen-bond acceptors (Lipinski definition) is 1. The Balaban J connectivity index is 2.20. The van der Waals surface area contributed by atoms with Crippen LogP contribution in [0.25, 0.3) is 0 Å². The Kier molecular flexibility index (Phi) is 5.50. The van der Waals surface area contributed by atoms with Crippen molar-refractivity contribution in [2.45, 2.75) is 39.2 Å². The third-order valence-corrected chi connectivity index (χ3v) is 5.90. The van der Waals surface area contributed by atoms with Gasteiger partial charge in [0.1, 0.15) is 0 Å². The van der Waals surface area contributed by atoms with E-state index in [1.807, 2.05) is 0 Å². The number of nitrogens with one attached hydrogen (secondary N) is 1. The summed E-state index contributed by atoms with van der Waals surface area (Å²) < 4.78 is 2.33. The lowest BCUT2D eigenvalue weighted by atomic mass is 9.72. The van der Waals surface area contributed by atoms with Crippen LogP contribution in [0, 0.1) is 17.8 Å². The lowest BCUT2D eigenvalue weighted by molar-refractivity contribution is 0.174. The zero-order chi connectivity index (χ0) is 14.0. The lowest BCUT2D eigenvalue weighted by Crippen LogP contribution is -2.31. The number of halogens is 2. The maximum atomic E-state index is 3.71. The van der Waals surface area contributed by atoms with E-state index >= 15 is 0 Å². The van der Waals surface area contributed by atoms with Gasteiger partial charge in [-0.3, -0.25) is 0 Å². The molecule has 3 heteroatoms. The fourth-order valence-corrected chi connectivity index (χ4v) is 4.58. The number of benzene rings is 1. The standard InChI is InChI=1S/C16H23Br2N/c1-10-4-5-12(8-11(10)2)16(19-3)14-7-6-13(17)9-15(14)18/h6-7,9-12,16,19H,4-5,8H2,1-3H3. The highest BCUT2D eigenvalue weighted by Crippen LogP contribution is 2.41. The van der Waals surface area contributed by atoms with Crippen LogP contribution < -0.4 is 5.32 Å². The van der Waals surface area contributed by atoms with Gasteiger partial charge in [-0.1, -0.05) is 58.2 Å². The molecular formula is C16H23Br2N. The van der Waals surface area contributed by atoms with Crippen LogP contribution in [0.4, 0.5) is 0 Å². The summed E-state index contributed by atoms with van der Waals surface area (Å²) in [6, 6.07) is 6.98. The van der Waals surface area contributed by atoms with Crippen molar-refractivity contribution in [3.8, 4) is 0 Å². The Morgan fingerprint density at radius 3 is 2.47 bits per heavy atom. The fraction of sp³-hybridized carbons (Fsp3) is 0.625. The van der Waals surface area contributed by atoms with Gasteiger partial charge < -0.3 is 5.32 Å². The molecule has 0 heterocycles. The number of rotatable bonds is 3. The van der Waals surface area contributed by atoms with Crippen LogP contribution in [0.1, 0.15) is 44.7 Å². The second kappa shape index (κ2) is 6.73. The van der Waals surface area contributed by atoms with Crippen molar-refractivity contribution in [2.75, 3.05) is 7.05 Å². The molecule has 0 aromatic heterocycles. The van der Waals surface area contributed by atoms with Crippen LogP contribution in [0.5, 0.6) is 0 Å². The zero-order valence-electron chi connectivity index (χ0n) is 11.9. The van der Waals surface area contributed by atoms with Gasteiger partial charge in [0.25, 0.3) is 0 Å². The zero-order valence-corrected chi connectivity index (χ0v) is 15.1. The van der Waals surface area contributed by atoms with Gasteiger partial charge >= 0.3 is 0 Å². The summed E-state index contributed by atoms with van der Waals surface area (Å²) in [6.45, 7) is 4.80. The van der Waals surface area contributed by atoms with Crippen LogP contribution >= 0.6 is 31.9 Å². The predicted molar refractivity (Wildman–Crippen MR) is 89.3 cm³/mol. The molecule has 4 atom stereocenters. The van der Waals surface area contributed by atoms with Crippen molar-refractivity contribution in [1.82, 2.24) is 5.32 Å². The summed E-state index contributed by atoms with van der Waals surface area (Å²) in [6.07, 6.45) is 4.02. The highest BCUT2D eigenvalue weighted by Gasteiger charge is 2.31. The van der Waals surface area contributed by atoms with E-state index in [1.54, 1.807) is 0 Å². The van der Waals surface area contributed by atoms with Crippen LogP contribution in [-0.4, -0.2) is 7.05 Å². The summed E-state index contributed by atoms with van der Waals surface area (Å²) in [5.41, 5.74) is 1.39. The first-order valence-corrected chi connectivity index (χ1v) is 8.73. The first-order valence-electron chi connectivity index (χ1n) is 7.15. The fourth-order valence-electron chi connectivity index (χ4n) is 3.29. The predicted octanol–water partition coefficient (Wildman–Crippen LogP) is 5.54. The lowest BCUT2D eigenvalue weighted by Gasteiger charge is -2.37. The van der Waals surface area contributed by atoms with Crippen molar-refractivity contribution >= 4 is 31.9 Å². The molecule has 0 radical (unpaired) electrons. The van der Waals surface area contributed by atoms with E-state index in [4.69, 9.17) is 0 Å². The van der Waals surface area contributed by atoms with Gasteiger partial charge in [-0.2, -0.15) is 0 Å². The second-order valence-corrected chi connectivity index (χ2v) is 7.73. The van der Waals surface area contributed by atoms with Gasteiger partial charge in [0.05, 0.1) is 0 Å². The molecule has 0 spiro atoms. The van der Waals surface area contributed by atoms with Gasteiger partial charge in [-0.15, -0.1) is 0 Å². The van der Waals surface area contributed by atoms with E-state index in [9.17, 15) is 0 Å². The van der Waals surface area contributed by atoms with Crippen LogP contribution in [0.15, 0.2) is 27.1 Å². The maximum Gasteiger partial charge on any atom is 0.0357 e. The van der Waals surface area contributed by atoms with E-state index in [0.29, 0.717) is 6.04 Å². The van der Waals surface area contributed by atoms with Crippen molar-refractivity contribution in [2.24, 2.45) is 17.8 Å². The molecule has 1 aliphatic rings. The van der Waals surface area contributed by atoms with Crippen LogP contribution in [0.3, 0.4) is 0 Å². The Bertz CT molecular complexity index is 433. The molecule has 19 heavy (non-hydrogen) atoms. The molecule has 0 amide bonds.